The van der Waals surface area contributed by atoms with Gasteiger partial charge in [0.2, 0.25) is 5.13 Å². The highest BCUT2D eigenvalue weighted by Gasteiger charge is 2.00. The molecule has 0 aliphatic carbocycles. The third kappa shape index (κ3) is 3.62. The summed E-state index contributed by atoms with van der Waals surface area (Å²) in [5.41, 5.74) is 12.9. The van der Waals surface area contributed by atoms with Crippen LogP contribution in [0, 0.1) is 0 Å². The molecule has 0 radical (unpaired) electrons. The lowest BCUT2D eigenvalue weighted by atomic mass is 10.6. The number of guanidine groups is 1. The van der Waals surface area contributed by atoms with E-state index in [1.165, 1.54) is 23.1 Å². The summed E-state index contributed by atoms with van der Waals surface area (Å²) in [4.78, 5) is 7.99. The number of aromatic nitrogens is 1. The monoisotopic (exact) mass is 230 g/mol. The minimum atomic E-state index is 0.0158. The van der Waals surface area contributed by atoms with Crippen LogP contribution in [-0.2, 0) is 5.75 Å². The highest BCUT2D eigenvalue weighted by molar-refractivity contribution is 8.11. The average Bonchev–Trinajstić information content (AvgIpc) is 2.52. The van der Waals surface area contributed by atoms with E-state index in [4.69, 9.17) is 17.3 Å². The van der Waals surface area contributed by atoms with Gasteiger partial charge in [-0.25, -0.2) is 4.98 Å². The lowest BCUT2D eigenvalue weighted by molar-refractivity contribution is 1.21. The third-order valence-corrected chi connectivity index (χ3v) is 2.65. The number of hydrazone groups is 1. The fourth-order valence-electron chi connectivity index (χ4n) is 0.690. The molecule has 0 saturated carbocycles. The van der Waals surface area contributed by atoms with Crippen molar-refractivity contribution in [3.05, 3.63) is 11.1 Å². The predicted molar refractivity (Wildman–Crippen MR) is 61.6 cm³/mol. The Bertz CT molecular complexity index is 340. The van der Waals surface area contributed by atoms with E-state index in [0.717, 1.165) is 5.69 Å². The Labute approximate surface area is 89.3 Å². The molecule has 0 aromatic carbocycles. The van der Waals surface area contributed by atoms with E-state index in [2.05, 4.69) is 15.1 Å². The van der Waals surface area contributed by atoms with Gasteiger partial charge in [0.1, 0.15) is 0 Å². The number of aliphatic imine (C=N–C) groups is 1. The lowest BCUT2D eigenvalue weighted by Crippen LogP contribution is -2.21. The van der Waals surface area contributed by atoms with Gasteiger partial charge in [0.15, 0.2) is 5.96 Å². The molecule has 1 aromatic rings. The van der Waals surface area contributed by atoms with Crippen LogP contribution in [0.1, 0.15) is 5.69 Å². The van der Waals surface area contributed by atoms with E-state index < -0.39 is 0 Å². The molecule has 0 bridgehead atoms. The van der Waals surface area contributed by atoms with Crippen LogP contribution in [0.15, 0.2) is 15.5 Å². The summed E-state index contributed by atoms with van der Waals surface area (Å²) in [5, 5.41) is 5.80. The van der Waals surface area contributed by atoms with Gasteiger partial charge in [-0.15, -0.1) is 23.1 Å². The van der Waals surface area contributed by atoms with Crippen LogP contribution in [0.25, 0.3) is 0 Å². The summed E-state index contributed by atoms with van der Waals surface area (Å²) in [5.74, 6) is 5.66. The highest BCUT2D eigenvalue weighted by Crippen LogP contribution is 2.20. The quantitative estimate of drug-likeness (QED) is 0.295. The van der Waals surface area contributed by atoms with Crippen LogP contribution < -0.4 is 17.3 Å². The second-order valence-electron chi connectivity index (χ2n) is 2.22. The normalized spacial score (nSPS) is 10.6. The lowest BCUT2D eigenvalue weighted by Gasteiger charge is -1.89. The Kier molecular flexibility index (Phi) is 4.20. The number of nitrogens with two attached hydrogens (primary N) is 3. The van der Waals surface area contributed by atoms with Crippen molar-refractivity contribution in [3.8, 4) is 0 Å². The Morgan fingerprint density at radius 3 is 3.07 bits per heavy atom. The maximum Gasteiger partial charge on any atom is 0.212 e. The third-order valence-electron chi connectivity index (χ3n) is 1.13. The zero-order valence-corrected chi connectivity index (χ0v) is 8.88. The average molecular weight is 230 g/mol. The van der Waals surface area contributed by atoms with Crippen molar-refractivity contribution in [2.75, 3.05) is 0 Å². The van der Waals surface area contributed by atoms with Crippen LogP contribution in [0.5, 0.6) is 0 Å². The minimum Gasteiger partial charge on any atom is -0.370 e. The zero-order chi connectivity index (χ0) is 10.4. The van der Waals surface area contributed by atoms with Crippen LogP contribution in [0.4, 0.5) is 5.13 Å². The summed E-state index contributed by atoms with van der Waals surface area (Å²) in [6.45, 7) is 0. The second-order valence-corrected chi connectivity index (χ2v) is 3.89. The number of nitrogens with zero attached hydrogens (tertiary/aromatic N) is 3. The number of hydrogen-bond acceptors (Lipinski definition) is 6. The molecule has 1 heterocycles. The van der Waals surface area contributed by atoms with Crippen molar-refractivity contribution in [3.63, 3.8) is 0 Å². The smallest absolute Gasteiger partial charge is 0.212 e. The maximum absolute atomic E-state index is 5.21. The van der Waals surface area contributed by atoms with Crippen molar-refractivity contribution in [2.24, 2.45) is 27.4 Å². The molecule has 0 atom stereocenters. The SMILES string of the molecule is NN=CSCc1csc(N=C(N)N)n1. The fourth-order valence-corrected chi connectivity index (χ4v) is 1.98. The van der Waals surface area contributed by atoms with Crippen molar-refractivity contribution in [1.82, 2.24) is 4.98 Å². The van der Waals surface area contributed by atoms with Gasteiger partial charge in [-0.2, -0.15) is 10.1 Å². The Balaban J connectivity index is 2.55. The Hall–Kier alpha value is -1.28. The van der Waals surface area contributed by atoms with Crippen molar-refractivity contribution in [2.45, 2.75) is 5.75 Å². The summed E-state index contributed by atoms with van der Waals surface area (Å²) in [6.07, 6.45) is 0. The first kappa shape index (κ1) is 10.8. The largest absolute Gasteiger partial charge is 0.370 e. The first-order valence-electron chi connectivity index (χ1n) is 3.59. The van der Waals surface area contributed by atoms with E-state index in [-0.39, 0.29) is 5.96 Å². The molecule has 1 rings (SSSR count). The van der Waals surface area contributed by atoms with E-state index in [0.29, 0.717) is 10.9 Å². The molecule has 6 nitrogen and oxygen atoms in total. The molecule has 0 spiro atoms. The number of thioether (sulfide) groups is 1. The molecule has 6 N–H and O–H groups in total. The van der Waals surface area contributed by atoms with Crippen LogP contribution in [-0.4, -0.2) is 16.5 Å². The van der Waals surface area contributed by atoms with Gasteiger partial charge in [0.25, 0.3) is 0 Å². The number of thiazole rings is 1. The topological polar surface area (TPSA) is 116 Å². The molecule has 1 aromatic heterocycles. The molecule has 0 amide bonds. The minimum absolute atomic E-state index is 0.0158. The molecule has 0 fully saturated rings. The number of hydrogen-bond donors (Lipinski definition) is 3. The van der Waals surface area contributed by atoms with Crippen LogP contribution in [0.2, 0.25) is 0 Å². The van der Waals surface area contributed by atoms with E-state index in [9.17, 15) is 0 Å². The van der Waals surface area contributed by atoms with Gasteiger partial charge < -0.3 is 17.3 Å². The number of rotatable bonds is 4. The van der Waals surface area contributed by atoms with Gasteiger partial charge in [-0.1, -0.05) is 0 Å². The molecule has 0 aliphatic heterocycles. The molecule has 0 saturated heterocycles. The van der Waals surface area contributed by atoms with E-state index in [1.54, 1.807) is 5.55 Å². The molecule has 8 heteroatoms. The van der Waals surface area contributed by atoms with Gasteiger partial charge in [-0.3, -0.25) is 0 Å². The van der Waals surface area contributed by atoms with Crippen molar-refractivity contribution in [1.29, 1.82) is 0 Å². The molecular weight excluding hydrogens is 220 g/mol. The van der Waals surface area contributed by atoms with Gasteiger partial charge in [0, 0.05) is 11.1 Å². The standard InChI is InChI=1S/C6H10N6S2/c7-5(8)12-6-11-4(2-14-6)1-13-3-10-9/h2-3H,1,9H2,(H4,7,8,11,12). The van der Waals surface area contributed by atoms with Gasteiger partial charge in [-0.05, 0) is 0 Å². The first-order valence-corrected chi connectivity index (χ1v) is 5.52. The van der Waals surface area contributed by atoms with Crippen LogP contribution in [0.3, 0.4) is 0 Å². The fraction of sp³-hybridized carbons (Fsp3) is 0.167. The molecular formula is C6H10N6S2. The summed E-state index contributed by atoms with van der Waals surface area (Å²) in [7, 11) is 0. The van der Waals surface area contributed by atoms with Gasteiger partial charge >= 0.3 is 0 Å². The summed E-state index contributed by atoms with van der Waals surface area (Å²) in [6, 6.07) is 0. The summed E-state index contributed by atoms with van der Waals surface area (Å²) >= 11 is 2.84. The Morgan fingerprint density at radius 2 is 2.43 bits per heavy atom. The van der Waals surface area contributed by atoms with Crippen LogP contribution >= 0.6 is 23.1 Å². The van der Waals surface area contributed by atoms with E-state index in [1.807, 2.05) is 5.38 Å². The molecule has 76 valence electrons. The highest BCUT2D eigenvalue weighted by atomic mass is 32.2. The zero-order valence-electron chi connectivity index (χ0n) is 7.25. The van der Waals surface area contributed by atoms with E-state index >= 15 is 0 Å². The second kappa shape index (κ2) is 5.45. The van der Waals surface area contributed by atoms with Crippen molar-refractivity contribution >= 4 is 39.7 Å². The van der Waals surface area contributed by atoms with Crippen molar-refractivity contribution < 1.29 is 0 Å². The summed E-state index contributed by atoms with van der Waals surface area (Å²) < 4.78 is 0. The molecule has 14 heavy (non-hydrogen) atoms. The Morgan fingerprint density at radius 1 is 1.64 bits per heavy atom. The first-order chi connectivity index (χ1) is 6.72. The predicted octanol–water partition coefficient (Wildman–Crippen LogP) is 0.183. The molecule has 0 aliphatic rings. The van der Waals surface area contributed by atoms with Gasteiger partial charge in [0.05, 0.1) is 11.2 Å². The molecule has 0 unspecified atom stereocenters. The maximum atomic E-state index is 5.21.